The Balaban J connectivity index is 1.65. The van der Waals surface area contributed by atoms with Crippen LogP contribution in [0, 0.1) is 6.92 Å². The first-order valence-corrected chi connectivity index (χ1v) is 7.48. The van der Waals surface area contributed by atoms with Crippen LogP contribution < -0.4 is 10.1 Å². The molecule has 0 radical (unpaired) electrons. The van der Waals surface area contributed by atoms with Crippen LogP contribution in [-0.4, -0.2) is 18.4 Å². The highest BCUT2D eigenvalue weighted by atomic mass is 16.7. The fourth-order valence-corrected chi connectivity index (χ4v) is 2.42. The number of nitrogens with one attached hydrogen (secondary N) is 1. The van der Waals surface area contributed by atoms with E-state index >= 15 is 0 Å². The second kappa shape index (κ2) is 6.52. The van der Waals surface area contributed by atoms with Crippen molar-refractivity contribution in [3.8, 4) is 5.75 Å². The third-order valence-corrected chi connectivity index (χ3v) is 3.75. The van der Waals surface area contributed by atoms with E-state index in [1.807, 2.05) is 49.4 Å². The molecule has 0 atom stereocenters. The Labute approximate surface area is 134 Å². The molecule has 3 rings (SSSR count). The zero-order chi connectivity index (χ0) is 16.2. The average molecular weight is 310 g/mol. The van der Waals surface area contributed by atoms with Gasteiger partial charge in [0.05, 0.1) is 12.3 Å². The van der Waals surface area contributed by atoms with Gasteiger partial charge in [-0.1, -0.05) is 23.4 Å². The van der Waals surface area contributed by atoms with Crippen molar-refractivity contribution in [3.05, 3.63) is 59.2 Å². The topological polar surface area (TPSA) is 59.9 Å². The summed E-state index contributed by atoms with van der Waals surface area (Å²) in [6.07, 6.45) is 0.286. The van der Waals surface area contributed by atoms with E-state index in [9.17, 15) is 4.79 Å². The lowest BCUT2D eigenvalue weighted by Gasteiger charge is -2.07. The summed E-state index contributed by atoms with van der Waals surface area (Å²) in [5.74, 6) is 0.916. The van der Waals surface area contributed by atoms with Crippen molar-refractivity contribution in [1.82, 2.24) is 0 Å². The number of carbonyl (C=O) groups is 1. The van der Waals surface area contributed by atoms with Crippen LogP contribution in [0.15, 0.2) is 47.6 Å². The number of aryl methyl sites for hydroxylation is 1. The van der Waals surface area contributed by atoms with Crippen molar-refractivity contribution in [1.29, 1.82) is 0 Å². The fraction of sp³-hybridized carbons (Fsp3) is 0.222. The molecule has 118 valence electrons. The maximum Gasteiger partial charge on any atom is 0.437 e. The molecule has 5 nitrogen and oxygen atoms in total. The van der Waals surface area contributed by atoms with Gasteiger partial charge in [-0.15, -0.1) is 0 Å². The van der Waals surface area contributed by atoms with Gasteiger partial charge in [-0.25, -0.2) is 4.79 Å². The number of benzene rings is 2. The van der Waals surface area contributed by atoms with Crippen molar-refractivity contribution in [3.63, 3.8) is 0 Å². The minimum Gasteiger partial charge on any atom is -0.493 e. The molecule has 23 heavy (non-hydrogen) atoms. The van der Waals surface area contributed by atoms with Crippen molar-refractivity contribution in [2.24, 2.45) is 5.16 Å². The molecule has 1 aliphatic rings. The van der Waals surface area contributed by atoms with Gasteiger partial charge in [0.25, 0.3) is 0 Å². The summed E-state index contributed by atoms with van der Waals surface area (Å²) in [4.78, 5) is 16.8. The molecule has 0 fully saturated rings. The molecule has 0 aliphatic carbocycles. The van der Waals surface area contributed by atoms with Crippen molar-refractivity contribution >= 4 is 17.5 Å². The van der Waals surface area contributed by atoms with Gasteiger partial charge < -0.3 is 4.74 Å². The van der Waals surface area contributed by atoms with Crippen LogP contribution >= 0.6 is 0 Å². The molecular formula is C18H18N2O3. The fourth-order valence-electron chi connectivity index (χ4n) is 2.42. The number of ether oxygens (including phenoxy) is 1. The molecule has 0 bridgehead atoms. The zero-order valence-corrected chi connectivity index (χ0v) is 13.1. The normalized spacial score (nSPS) is 13.2. The summed E-state index contributed by atoms with van der Waals surface area (Å²) < 4.78 is 5.47. The minimum atomic E-state index is -0.608. The number of para-hydroxylation sites is 1. The number of anilines is 1. The summed E-state index contributed by atoms with van der Waals surface area (Å²) in [7, 11) is 0. The van der Waals surface area contributed by atoms with E-state index in [4.69, 9.17) is 9.57 Å². The van der Waals surface area contributed by atoms with Gasteiger partial charge in [-0.3, -0.25) is 10.2 Å². The second-order valence-electron chi connectivity index (χ2n) is 5.42. The minimum absolute atomic E-state index is 0.608. The summed E-state index contributed by atoms with van der Waals surface area (Å²) in [6, 6.07) is 13.3. The first-order chi connectivity index (χ1) is 11.1. The van der Waals surface area contributed by atoms with Crippen LogP contribution in [0.3, 0.4) is 0 Å². The quantitative estimate of drug-likeness (QED) is 0.531. The van der Waals surface area contributed by atoms with Gasteiger partial charge in [-0.05, 0) is 54.8 Å². The molecular weight excluding hydrogens is 292 g/mol. The second-order valence-corrected chi connectivity index (χ2v) is 5.42. The summed E-state index contributed by atoms with van der Waals surface area (Å²) in [5.41, 5.74) is 4.38. The zero-order valence-electron chi connectivity index (χ0n) is 13.1. The van der Waals surface area contributed by atoms with E-state index in [-0.39, 0.29) is 0 Å². The molecule has 0 spiro atoms. The highest BCUT2D eigenvalue weighted by molar-refractivity contribution is 5.99. The highest BCUT2D eigenvalue weighted by Crippen LogP contribution is 2.26. The SMILES string of the molecule is CC(=NOC(=O)Nc1ccccc1C)c1ccc2c(c1)CCO2. The van der Waals surface area contributed by atoms with E-state index in [0.717, 1.165) is 28.9 Å². The number of amides is 1. The average Bonchev–Trinajstić information content (AvgIpc) is 3.02. The number of carbonyl (C=O) groups excluding carboxylic acids is 1. The van der Waals surface area contributed by atoms with Crippen LogP contribution in [0.2, 0.25) is 0 Å². The molecule has 0 saturated carbocycles. The van der Waals surface area contributed by atoms with E-state index in [1.54, 1.807) is 6.92 Å². The maximum absolute atomic E-state index is 11.8. The largest absolute Gasteiger partial charge is 0.493 e. The standard InChI is InChI=1S/C18H18N2O3/c1-12-5-3-4-6-16(12)19-18(21)23-20-13(2)14-7-8-17-15(11-14)9-10-22-17/h3-8,11H,9-10H2,1-2H3,(H,19,21). The molecule has 0 saturated heterocycles. The predicted molar refractivity (Wildman–Crippen MR) is 89.1 cm³/mol. The smallest absolute Gasteiger partial charge is 0.437 e. The van der Waals surface area contributed by atoms with Crippen molar-refractivity contribution in [2.75, 3.05) is 11.9 Å². The maximum atomic E-state index is 11.8. The molecule has 2 aromatic rings. The van der Waals surface area contributed by atoms with Crippen LogP contribution in [-0.2, 0) is 11.3 Å². The Morgan fingerprint density at radius 2 is 2.09 bits per heavy atom. The molecule has 2 aromatic carbocycles. The Morgan fingerprint density at radius 1 is 1.26 bits per heavy atom. The lowest BCUT2D eigenvalue weighted by atomic mass is 10.1. The molecule has 0 aromatic heterocycles. The third kappa shape index (κ3) is 3.51. The van der Waals surface area contributed by atoms with Gasteiger partial charge in [0.1, 0.15) is 5.75 Å². The first-order valence-electron chi connectivity index (χ1n) is 7.48. The Morgan fingerprint density at radius 3 is 2.91 bits per heavy atom. The van der Waals surface area contributed by atoms with Crippen molar-refractivity contribution < 1.29 is 14.4 Å². The number of hydrogen-bond acceptors (Lipinski definition) is 4. The summed E-state index contributed by atoms with van der Waals surface area (Å²) in [6.45, 7) is 4.43. The molecule has 0 unspecified atom stereocenters. The van der Waals surface area contributed by atoms with Crippen molar-refractivity contribution in [2.45, 2.75) is 20.3 Å². The molecule has 1 amide bonds. The lowest BCUT2D eigenvalue weighted by Crippen LogP contribution is -2.12. The molecule has 5 heteroatoms. The van der Waals surface area contributed by atoms with Gasteiger partial charge in [0.15, 0.2) is 0 Å². The Hall–Kier alpha value is -2.82. The van der Waals surface area contributed by atoms with Gasteiger partial charge in [0.2, 0.25) is 0 Å². The van der Waals surface area contributed by atoms with Crippen LogP contribution in [0.25, 0.3) is 0 Å². The molecule has 1 aliphatic heterocycles. The summed E-state index contributed by atoms with van der Waals surface area (Å²) >= 11 is 0. The molecule has 1 N–H and O–H groups in total. The van der Waals surface area contributed by atoms with E-state index in [1.165, 1.54) is 0 Å². The van der Waals surface area contributed by atoms with Gasteiger partial charge >= 0.3 is 6.09 Å². The van der Waals surface area contributed by atoms with Crippen LogP contribution in [0.1, 0.15) is 23.6 Å². The van der Waals surface area contributed by atoms with Gasteiger partial charge in [0, 0.05) is 12.1 Å². The summed E-state index contributed by atoms with van der Waals surface area (Å²) in [5, 5.41) is 6.58. The number of oxime groups is 1. The number of nitrogens with zero attached hydrogens (tertiary/aromatic N) is 1. The Bertz CT molecular complexity index is 769. The number of hydrogen-bond donors (Lipinski definition) is 1. The third-order valence-electron chi connectivity index (χ3n) is 3.75. The Kier molecular flexibility index (Phi) is 4.28. The first kappa shape index (κ1) is 15.1. The molecule has 1 heterocycles. The van der Waals surface area contributed by atoms with Gasteiger partial charge in [-0.2, -0.15) is 0 Å². The van der Waals surface area contributed by atoms with E-state index in [2.05, 4.69) is 10.5 Å². The van der Waals surface area contributed by atoms with Crippen LogP contribution in [0.4, 0.5) is 10.5 Å². The van der Waals surface area contributed by atoms with E-state index < -0.39 is 6.09 Å². The predicted octanol–water partition coefficient (Wildman–Crippen LogP) is 3.90. The highest BCUT2D eigenvalue weighted by Gasteiger charge is 2.13. The monoisotopic (exact) mass is 310 g/mol. The van der Waals surface area contributed by atoms with Crippen LogP contribution in [0.5, 0.6) is 5.75 Å². The van der Waals surface area contributed by atoms with E-state index in [0.29, 0.717) is 18.0 Å². The number of fused-ring (bicyclic) bond motifs is 1. The number of rotatable bonds is 3. The lowest BCUT2D eigenvalue weighted by molar-refractivity contribution is 0.166.